The van der Waals surface area contributed by atoms with Crippen LogP contribution in [-0.4, -0.2) is 16.1 Å². The molecule has 0 spiro atoms. The number of rotatable bonds is 8. The van der Waals surface area contributed by atoms with Crippen LogP contribution in [0.1, 0.15) is 77.6 Å². The van der Waals surface area contributed by atoms with E-state index < -0.39 is 0 Å². The van der Waals surface area contributed by atoms with Gasteiger partial charge in [0.15, 0.2) is 0 Å². The van der Waals surface area contributed by atoms with Crippen molar-refractivity contribution in [2.75, 3.05) is 6.54 Å². The van der Waals surface area contributed by atoms with Crippen LogP contribution in [0, 0.1) is 11.8 Å². The normalized spacial score (nSPS) is 24.1. The van der Waals surface area contributed by atoms with E-state index in [0.717, 1.165) is 24.9 Å². The summed E-state index contributed by atoms with van der Waals surface area (Å²) in [5, 5.41) is 3.72. The third-order valence-electron chi connectivity index (χ3n) is 4.97. The Balaban J connectivity index is 2.03. The van der Waals surface area contributed by atoms with E-state index in [4.69, 9.17) is 0 Å². The molecule has 0 bridgehead atoms. The molecule has 1 fully saturated rings. The second-order valence-corrected chi connectivity index (χ2v) is 6.58. The van der Waals surface area contributed by atoms with E-state index in [1.807, 2.05) is 6.20 Å². The van der Waals surface area contributed by atoms with Gasteiger partial charge >= 0.3 is 0 Å². The lowest BCUT2D eigenvalue weighted by atomic mass is 9.77. The molecule has 1 aromatic rings. The van der Waals surface area contributed by atoms with Gasteiger partial charge in [0.05, 0.1) is 6.04 Å². The Kier molecular flexibility index (Phi) is 6.75. The molecule has 1 saturated carbocycles. The molecule has 1 aliphatic carbocycles. The lowest BCUT2D eigenvalue weighted by Gasteiger charge is -2.34. The maximum absolute atomic E-state index is 4.68. The first kappa shape index (κ1) is 16.5. The number of nitrogens with one attached hydrogen (secondary N) is 1. The Morgan fingerprint density at radius 1 is 1.19 bits per heavy atom. The Hall–Kier alpha value is -0.830. The summed E-state index contributed by atoms with van der Waals surface area (Å²) in [5.41, 5.74) is 0. The average Bonchev–Trinajstić information content (AvgIpc) is 2.95. The number of aryl methyl sites for hydroxylation is 1. The van der Waals surface area contributed by atoms with Crippen molar-refractivity contribution in [3.63, 3.8) is 0 Å². The molecular weight excluding hydrogens is 258 g/mol. The minimum Gasteiger partial charge on any atom is -0.334 e. The first-order valence-corrected chi connectivity index (χ1v) is 9.04. The first-order chi connectivity index (χ1) is 10.3. The van der Waals surface area contributed by atoms with Crippen molar-refractivity contribution in [1.29, 1.82) is 0 Å². The van der Waals surface area contributed by atoms with E-state index in [1.165, 1.54) is 50.8 Å². The molecule has 0 amide bonds. The fourth-order valence-electron chi connectivity index (χ4n) is 3.94. The molecular formula is C18H33N3. The second-order valence-electron chi connectivity index (χ2n) is 6.58. The van der Waals surface area contributed by atoms with Crippen molar-refractivity contribution in [1.82, 2.24) is 14.9 Å². The molecule has 1 atom stereocenters. The van der Waals surface area contributed by atoms with Crippen molar-refractivity contribution in [2.24, 2.45) is 11.8 Å². The van der Waals surface area contributed by atoms with E-state index >= 15 is 0 Å². The third kappa shape index (κ3) is 4.32. The standard InChI is InChI=1S/C18H33N3/c1-4-7-15-8-10-16(11-9-15)17(19-6-3)18-20-12-14-21(18)13-5-2/h12,14-17,19H,4-11,13H2,1-3H3. The lowest BCUT2D eigenvalue weighted by molar-refractivity contribution is 0.208. The Labute approximate surface area is 130 Å². The van der Waals surface area contributed by atoms with Gasteiger partial charge in [0.2, 0.25) is 0 Å². The van der Waals surface area contributed by atoms with Gasteiger partial charge in [-0.05, 0) is 37.6 Å². The number of hydrogen-bond acceptors (Lipinski definition) is 2. The van der Waals surface area contributed by atoms with Gasteiger partial charge in [0, 0.05) is 18.9 Å². The molecule has 21 heavy (non-hydrogen) atoms. The molecule has 1 aliphatic rings. The maximum atomic E-state index is 4.68. The Morgan fingerprint density at radius 3 is 2.57 bits per heavy atom. The Bertz CT molecular complexity index is 391. The van der Waals surface area contributed by atoms with Gasteiger partial charge in [-0.1, -0.05) is 46.5 Å². The van der Waals surface area contributed by atoms with Crippen molar-refractivity contribution in [3.8, 4) is 0 Å². The molecule has 1 aromatic heterocycles. The molecule has 1 N–H and O–H groups in total. The predicted octanol–water partition coefficient (Wildman–Crippen LogP) is 4.55. The SMILES string of the molecule is CCCC1CCC(C(NCC)c2nccn2CCC)CC1. The van der Waals surface area contributed by atoms with Gasteiger partial charge in [0.25, 0.3) is 0 Å². The fraction of sp³-hybridized carbons (Fsp3) is 0.833. The number of imidazole rings is 1. The summed E-state index contributed by atoms with van der Waals surface area (Å²) in [7, 11) is 0. The van der Waals surface area contributed by atoms with Crippen molar-refractivity contribution < 1.29 is 0 Å². The highest BCUT2D eigenvalue weighted by Gasteiger charge is 2.30. The molecule has 2 rings (SSSR count). The maximum Gasteiger partial charge on any atom is 0.126 e. The highest BCUT2D eigenvalue weighted by atomic mass is 15.1. The van der Waals surface area contributed by atoms with E-state index in [0.29, 0.717) is 6.04 Å². The van der Waals surface area contributed by atoms with E-state index in [2.05, 4.69) is 41.8 Å². The molecule has 0 saturated heterocycles. The first-order valence-electron chi connectivity index (χ1n) is 9.04. The van der Waals surface area contributed by atoms with Gasteiger partial charge < -0.3 is 9.88 Å². The van der Waals surface area contributed by atoms with Crippen LogP contribution in [0.3, 0.4) is 0 Å². The zero-order chi connectivity index (χ0) is 15.1. The average molecular weight is 291 g/mol. The van der Waals surface area contributed by atoms with Crippen LogP contribution < -0.4 is 5.32 Å². The van der Waals surface area contributed by atoms with Crippen LogP contribution in [0.4, 0.5) is 0 Å². The molecule has 3 nitrogen and oxygen atoms in total. The van der Waals surface area contributed by atoms with Gasteiger partial charge in [-0.3, -0.25) is 0 Å². The quantitative estimate of drug-likeness (QED) is 0.761. The summed E-state index contributed by atoms with van der Waals surface area (Å²) in [6, 6.07) is 0.444. The summed E-state index contributed by atoms with van der Waals surface area (Å²) in [6.45, 7) is 8.88. The summed E-state index contributed by atoms with van der Waals surface area (Å²) in [6.07, 6.45) is 13.6. The molecule has 0 aliphatic heterocycles. The molecule has 1 unspecified atom stereocenters. The molecule has 1 heterocycles. The monoisotopic (exact) mass is 291 g/mol. The van der Waals surface area contributed by atoms with Crippen LogP contribution in [0.25, 0.3) is 0 Å². The lowest BCUT2D eigenvalue weighted by Crippen LogP contribution is -2.33. The number of nitrogens with zero attached hydrogens (tertiary/aromatic N) is 2. The topological polar surface area (TPSA) is 29.9 Å². The second kappa shape index (κ2) is 8.57. The summed E-state index contributed by atoms with van der Waals surface area (Å²) < 4.78 is 2.35. The molecule has 0 radical (unpaired) electrons. The zero-order valence-electron chi connectivity index (χ0n) is 14.1. The predicted molar refractivity (Wildman–Crippen MR) is 89.3 cm³/mol. The highest BCUT2D eigenvalue weighted by Crippen LogP contribution is 2.38. The van der Waals surface area contributed by atoms with Crippen LogP contribution in [-0.2, 0) is 6.54 Å². The number of aromatic nitrogens is 2. The zero-order valence-corrected chi connectivity index (χ0v) is 14.1. The molecule has 0 aromatic carbocycles. The largest absolute Gasteiger partial charge is 0.334 e. The summed E-state index contributed by atoms with van der Waals surface area (Å²) in [4.78, 5) is 4.68. The van der Waals surface area contributed by atoms with Crippen molar-refractivity contribution >= 4 is 0 Å². The smallest absolute Gasteiger partial charge is 0.126 e. The van der Waals surface area contributed by atoms with Crippen LogP contribution in [0.5, 0.6) is 0 Å². The highest BCUT2D eigenvalue weighted by molar-refractivity contribution is 5.02. The summed E-state index contributed by atoms with van der Waals surface area (Å²) >= 11 is 0. The van der Waals surface area contributed by atoms with E-state index in [-0.39, 0.29) is 0 Å². The molecule has 120 valence electrons. The third-order valence-corrected chi connectivity index (χ3v) is 4.97. The van der Waals surface area contributed by atoms with Crippen LogP contribution in [0.15, 0.2) is 12.4 Å². The van der Waals surface area contributed by atoms with Crippen LogP contribution in [0.2, 0.25) is 0 Å². The van der Waals surface area contributed by atoms with Crippen LogP contribution >= 0.6 is 0 Å². The van der Waals surface area contributed by atoms with Gasteiger partial charge in [-0.15, -0.1) is 0 Å². The fourth-order valence-corrected chi connectivity index (χ4v) is 3.94. The van der Waals surface area contributed by atoms with E-state index in [1.54, 1.807) is 0 Å². The minimum atomic E-state index is 0.444. The molecule has 3 heteroatoms. The Morgan fingerprint density at radius 2 is 1.95 bits per heavy atom. The summed E-state index contributed by atoms with van der Waals surface area (Å²) in [5.74, 6) is 3.00. The van der Waals surface area contributed by atoms with Gasteiger partial charge in [-0.2, -0.15) is 0 Å². The van der Waals surface area contributed by atoms with Crippen molar-refractivity contribution in [2.45, 2.75) is 78.3 Å². The number of hydrogen-bond donors (Lipinski definition) is 1. The van der Waals surface area contributed by atoms with E-state index in [9.17, 15) is 0 Å². The van der Waals surface area contributed by atoms with Gasteiger partial charge in [0.1, 0.15) is 5.82 Å². The van der Waals surface area contributed by atoms with Gasteiger partial charge in [-0.25, -0.2) is 4.98 Å². The van der Waals surface area contributed by atoms with Crippen molar-refractivity contribution in [3.05, 3.63) is 18.2 Å². The minimum absolute atomic E-state index is 0.444.